The van der Waals surface area contributed by atoms with Crippen LogP contribution in [-0.2, 0) is 15.6 Å². The Morgan fingerprint density at radius 3 is 1.90 bits per heavy atom. The highest BCUT2D eigenvalue weighted by molar-refractivity contribution is 8.13. The fourth-order valence-corrected chi connectivity index (χ4v) is 3.76. The Morgan fingerprint density at radius 2 is 1.62 bits per heavy atom. The SMILES string of the molecule is Cc1cc(C)c(S(=O)(=O)Cl)c(C)c1.Cc1ccc(CN)o1. The highest BCUT2D eigenvalue weighted by Crippen LogP contribution is 2.24. The van der Waals surface area contributed by atoms with E-state index in [-0.39, 0.29) is 4.90 Å². The molecule has 0 saturated heterocycles. The second kappa shape index (κ2) is 7.11. The van der Waals surface area contributed by atoms with Crippen LogP contribution in [-0.4, -0.2) is 8.42 Å². The molecule has 116 valence electrons. The Labute approximate surface area is 130 Å². The first-order valence-corrected chi connectivity index (χ1v) is 8.74. The van der Waals surface area contributed by atoms with Gasteiger partial charge in [0.1, 0.15) is 11.5 Å². The quantitative estimate of drug-likeness (QED) is 0.854. The third-order valence-electron chi connectivity index (χ3n) is 2.85. The first kappa shape index (κ1) is 17.8. The molecule has 6 heteroatoms. The van der Waals surface area contributed by atoms with E-state index < -0.39 is 9.05 Å². The Morgan fingerprint density at radius 1 is 1.10 bits per heavy atom. The molecule has 1 aromatic heterocycles. The van der Waals surface area contributed by atoms with Gasteiger partial charge in [-0.25, -0.2) is 8.42 Å². The highest BCUT2D eigenvalue weighted by atomic mass is 35.7. The highest BCUT2D eigenvalue weighted by Gasteiger charge is 2.16. The molecule has 0 aliphatic rings. The second-order valence-electron chi connectivity index (χ2n) is 4.88. The van der Waals surface area contributed by atoms with Crippen LogP contribution in [0.2, 0.25) is 0 Å². The molecule has 0 aliphatic heterocycles. The molecular formula is C15H20ClNO3S. The minimum absolute atomic E-state index is 0.236. The van der Waals surface area contributed by atoms with Gasteiger partial charge in [-0.1, -0.05) is 17.7 Å². The van der Waals surface area contributed by atoms with Gasteiger partial charge in [-0.05, 0) is 51.0 Å². The fraction of sp³-hybridized carbons (Fsp3) is 0.333. The molecule has 0 spiro atoms. The lowest BCUT2D eigenvalue weighted by atomic mass is 10.1. The second-order valence-corrected chi connectivity index (χ2v) is 7.38. The van der Waals surface area contributed by atoms with E-state index in [2.05, 4.69) is 0 Å². The van der Waals surface area contributed by atoms with E-state index in [0.29, 0.717) is 17.7 Å². The topological polar surface area (TPSA) is 73.3 Å². The average molecular weight is 330 g/mol. The molecule has 2 rings (SSSR count). The zero-order valence-electron chi connectivity index (χ0n) is 12.6. The van der Waals surface area contributed by atoms with Crippen LogP contribution >= 0.6 is 10.7 Å². The molecule has 2 N–H and O–H groups in total. The van der Waals surface area contributed by atoms with Crippen molar-refractivity contribution in [3.8, 4) is 0 Å². The van der Waals surface area contributed by atoms with Crippen molar-refractivity contribution in [3.05, 3.63) is 52.5 Å². The van der Waals surface area contributed by atoms with Gasteiger partial charge in [0.05, 0.1) is 11.4 Å². The molecule has 1 aromatic carbocycles. The Bertz CT molecular complexity index is 697. The third-order valence-corrected chi connectivity index (χ3v) is 4.44. The summed E-state index contributed by atoms with van der Waals surface area (Å²) in [7, 11) is 1.68. The van der Waals surface area contributed by atoms with Crippen molar-refractivity contribution in [2.24, 2.45) is 5.73 Å². The van der Waals surface area contributed by atoms with Crippen LogP contribution in [0, 0.1) is 27.7 Å². The van der Waals surface area contributed by atoms with Crippen molar-refractivity contribution in [3.63, 3.8) is 0 Å². The molecule has 0 bridgehead atoms. The largest absolute Gasteiger partial charge is 0.465 e. The minimum atomic E-state index is -3.61. The van der Waals surface area contributed by atoms with Gasteiger partial charge < -0.3 is 10.2 Å². The number of hydrogen-bond donors (Lipinski definition) is 1. The molecular weight excluding hydrogens is 310 g/mol. The molecule has 0 aliphatic carbocycles. The average Bonchev–Trinajstić information content (AvgIpc) is 2.72. The Balaban J connectivity index is 0.000000235. The van der Waals surface area contributed by atoms with E-state index in [1.807, 2.05) is 38.1 Å². The van der Waals surface area contributed by atoms with Crippen molar-refractivity contribution < 1.29 is 12.8 Å². The standard InChI is InChI=1S/C9H11ClO2S.C6H9NO/c1-6-4-7(2)9(8(3)5-6)13(10,11)12;1-5-2-3-6(4-7)8-5/h4-5H,1-3H3;2-3H,4,7H2,1H3. The molecule has 21 heavy (non-hydrogen) atoms. The van der Waals surface area contributed by atoms with Gasteiger partial charge in [-0.3, -0.25) is 0 Å². The Kier molecular flexibility index (Phi) is 6.01. The monoisotopic (exact) mass is 329 g/mol. The van der Waals surface area contributed by atoms with Gasteiger partial charge in [0, 0.05) is 10.7 Å². The van der Waals surface area contributed by atoms with Crippen LogP contribution < -0.4 is 5.73 Å². The summed E-state index contributed by atoms with van der Waals surface area (Å²) in [5, 5.41) is 0. The van der Waals surface area contributed by atoms with Crippen molar-refractivity contribution in [1.29, 1.82) is 0 Å². The number of hydrogen-bond acceptors (Lipinski definition) is 4. The summed E-state index contributed by atoms with van der Waals surface area (Å²) in [4.78, 5) is 0.236. The molecule has 0 radical (unpaired) electrons. The Hall–Kier alpha value is -1.30. The summed E-state index contributed by atoms with van der Waals surface area (Å²) in [5.74, 6) is 1.77. The zero-order valence-corrected chi connectivity index (χ0v) is 14.2. The van der Waals surface area contributed by atoms with Gasteiger partial charge in [-0.15, -0.1) is 0 Å². The fourth-order valence-electron chi connectivity index (χ4n) is 2.15. The van der Waals surface area contributed by atoms with Crippen LogP contribution in [0.4, 0.5) is 0 Å². The summed E-state index contributed by atoms with van der Waals surface area (Å²) >= 11 is 0. The number of furan rings is 1. The van der Waals surface area contributed by atoms with E-state index in [9.17, 15) is 8.42 Å². The molecule has 1 heterocycles. The molecule has 0 fully saturated rings. The molecule has 0 atom stereocenters. The minimum Gasteiger partial charge on any atom is -0.465 e. The maximum atomic E-state index is 11.2. The van der Waals surface area contributed by atoms with E-state index in [4.69, 9.17) is 20.8 Å². The molecule has 2 aromatic rings. The van der Waals surface area contributed by atoms with E-state index in [0.717, 1.165) is 17.1 Å². The summed E-state index contributed by atoms with van der Waals surface area (Å²) in [6.07, 6.45) is 0. The van der Waals surface area contributed by atoms with Crippen molar-refractivity contribution in [1.82, 2.24) is 0 Å². The summed E-state index contributed by atoms with van der Waals surface area (Å²) in [6.45, 7) is 7.81. The van der Waals surface area contributed by atoms with Crippen LogP contribution in [0.1, 0.15) is 28.2 Å². The summed E-state index contributed by atoms with van der Waals surface area (Å²) in [6, 6.07) is 7.40. The maximum absolute atomic E-state index is 11.2. The van der Waals surface area contributed by atoms with Crippen LogP contribution in [0.15, 0.2) is 33.6 Å². The third kappa shape index (κ3) is 5.19. The van der Waals surface area contributed by atoms with Crippen LogP contribution in [0.3, 0.4) is 0 Å². The van der Waals surface area contributed by atoms with Crippen molar-refractivity contribution >= 4 is 19.7 Å². The number of nitrogens with two attached hydrogens (primary N) is 1. The summed E-state index contributed by atoms with van der Waals surface area (Å²) in [5.41, 5.74) is 7.71. The van der Waals surface area contributed by atoms with Gasteiger partial charge in [0.2, 0.25) is 0 Å². The van der Waals surface area contributed by atoms with Gasteiger partial charge in [0.15, 0.2) is 0 Å². The number of halogens is 1. The smallest absolute Gasteiger partial charge is 0.261 e. The van der Waals surface area contributed by atoms with Gasteiger partial charge >= 0.3 is 0 Å². The van der Waals surface area contributed by atoms with Crippen molar-refractivity contribution in [2.45, 2.75) is 39.1 Å². The zero-order chi connectivity index (χ0) is 16.2. The first-order chi connectivity index (χ1) is 9.65. The number of aryl methyl sites for hydroxylation is 4. The normalized spacial score (nSPS) is 11.0. The molecule has 0 amide bonds. The van der Waals surface area contributed by atoms with Crippen molar-refractivity contribution in [2.75, 3.05) is 0 Å². The van der Waals surface area contributed by atoms with Gasteiger partial charge in [0.25, 0.3) is 9.05 Å². The molecule has 4 nitrogen and oxygen atoms in total. The van der Waals surface area contributed by atoms with Crippen LogP contribution in [0.5, 0.6) is 0 Å². The lowest BCUT2D eigenvalue weighted by Gasteiger charge is -2.07. The number of rotatable bonds is 2. The van der Waals surface area contributed by atoms with Crippen LogP contribution in [0.25, 0.3) is 0 Å². The maximum Gasteiger partial charge on any atom is 0.261 e. The van der Waals surface area contributed by atoms with E-state index in [1.165, 1.54) is 0 Å². The van der Waals surface area contributed by atoms with E-state index in [1.54, 1.807) is 13.8 Å². The molecule has 0 saturated carbocycles. The first-order valence-electron chi connectivity index (χ1n) is 6.43. The lowest BCUT2D eigenvalue weighted by molar-refractivity contribution is 0.485. The molecule has 0 unspecified atom stereocenters. The van der Waals surface area contributed by atoms with E-state index >= 15 is 0 Å². The number of benzene rings is 1. The predicted octanol–water partition coefficient (Wildman–Crippen LogP) is 3.59. The summed E-state index contributed by atoms with van der Waals surface area (Å²) < 4.78 is 27.4. The van der Waals surface area contributed by atoms with Gasteiger partial charge in [-0.2, -0.15) is 0 Å². The lowest BCUT2D eigenvalue weighted by Crippen LogP contribution is -1.98. The predicted molar refractivity (Wildman–Crippen MR) is 85.0 cm³/mol.